The number of alkyl carbamates (subject to hydrolysis) is 1. The molecule has 2 aromatic rings. The maximum atomic E-state index is 13.8. The number of amides is 3. The fourth-order valence-corrected chi connectivity index (χ4v) is 7.29. The third-order valence-corrected chi connectivity index (χ3v) is 10.3. The second-order valence-corrected chi connectivity index (χ2v) is 16.0. The summed E-state index contributed by atoms with van der Waals surface area (Å²) in [4.78, 5) is 40.3. The van der Waals surface area contributed by atoms with Gasteiger partial charge in [0.25, 0.3) is 0 Å². The van der Waals surface area contributed by atoms with E-state index in [2.05, 4.69) is 10.6 Å². The molecule has 1 fully saturated rings. The summed E-state index contributed by atoms with van der Waals surface area (Å²) >= 11 is 0. The summed E-state index contributed by atoms with van der Waals surface area (Å²) in [5.41, 5.74) is 7.44. The third-order valence-electron chi connectivity index (χ3n) is 8.22. The number of aliphatic hydroxyl groups excluding tert-OH is 1. The van der Waals surface area contributed by atoms with Crippen molar-refractivity contribution in [1.29, 1.82) is 0 Å². The minimum Gasteiger partial charge on any atom is -0.497 e. The van der Waals surface area contributed by atoms with E-state index >= 15 is 0 Å². The van der Waals surface area contributed by atoms with E-state index < -0.39 is 87.2 Å². The van der Waals surface area contributed by atoms with Crippen molar-refractivity contribution in [2.75, 3.05) is 13.7 Å². The largest absolute Gasteiger partial charge is 0.497 e. The molecule has 0 bridgehead atoms. The highest BCUT2D eigenvalue weighted by molar-refractivity contribution is 7.91. The van der Waals surface area contributed by atoms with Gasteiger partial charge in [-0.3, -0.25) is 9.59 Å². The molecule has 3 unspecified atom stereocenters. The van der Waals surface area contributed by atoms with Gasteiger partial charge in [-0.15, -0.1) is 0 Å². The molecule has 2 aromatic carbocycles. The van der Waals surface area contributed by atoms with Crippen LogP contribution < -0.4 is 21.1 Å². The molecule has 16 heteroatoms. The molecule has 0 spiro atoms. The first kappa shape index (κ1) is 40.5. The summed E-state index contributed by atoms with van der Waals surface area (Å²) < 4.78 is 77.8. The lowest BCUT2D eigenvalue weighted by molar-refractivity contribution is -0.215. The number of benzene rings is 2. The van der Waals surface area contributed by atoms with Gasteiger partial charge >= 0.3 is 12.3 Å². The SMILES string of the molecule is COc1ccc(CS(=O)(=O)[C@@H]2C[C@@H](C(=O)NC(C(C)C)C(O)C(F)(F)F)N(C(=O)C(N)Cc3ccc(CNC(=O)OC(C)(C)C)cc3)C2)cc1. The second-order valence-electron chi connectivity index (χ2n) is 13.8. The average molecular weight is 729 g/mol. The molecule has 5 N–H and O–H groups in total. The summed E-state index contributed by atoms with van der Waals surface area (Å²) in [5, 5.41) is 13.6. The van der Waals surface area contributed by atoms with Gasteiger partial charge in [0.1, 0.15) is 17.4 Å². The molecule has 3 amide bonds. The molecular weight excluding hydrogens is 681 g/mol. The summed E-state index contributed by atoms with van der Waals surface area (Å²) in [6, 6.07) is 8.69. The molecule has 1 aliphatic rings. The van der Waals surface area contributed by atoms with E-state index in [4.69, 9.17) is 15.2 Å². The van der Waals surface area contributed by atoms with Crippen LogP contribution in [0.25, 0.3) is 0 Å². The minimum atomic E-state index is -5.04. The molecule has 0 saturated carbocycles. The Hall–Kier alpha value is -3.89. The monoisotopic (exact) mass is 728 g/mol. The van der Waals surface area contributed by atoms with Crippen LogP contribution in [0.1, 0.15) is 57.7 Å². The van der Waals surface area contributed by atoms with Crippen molar-refractivity contribution in [3.05, 3.63) is 65.2 Å². The fourth-order valence-electron chi connectivity index (χ4n) is 5.53. The number of likely N-dealkylation sites (tertiary alicyclic amines) is 1. The van der Waals surface area contributed by atoms with Crippen LogP contribution in [0, 0.1) is 5.92 Å². The number of alkyl halides is 3. The van der Waals surface area contributed by atoms with E-state index in [0.29, 0.717) is 16.9 Å². The fraction of sp³-hybridized carbons (Fsp3) is 0.559. The zero-order valence-electron chi connectivity index (χ0n) is 29.0. The number of nitrogens with two attached hydrogens (primary N) is 1. The molecule has 5 atom stereocenters. The molecule has 0 aliphatic carbocycles. The van der Waals surface area contributed by atoms with Crippen molar-refractivity contribution < 1.29 is 50.6 Å². The number of hydrogen-bond acceptors (Lipinski definition) is 9. The van der Waals surface area contributed by atoms with Gasteiger partial charge in [0.05, 0.1) is 30.2 Å². The lowest BCUT2D eigenvalue weighted by Crippen LogP contribution is -2.58. The predicted octanol–water partition coefficient (Wildman–Crippen LogP) is 3.24. The highest BCUT2D eigenvalue weighted by atomic mass is 32.2. The molecule has 278 valence electrons. The summed E-state index contributed by atoms with van der Waals surface area (Å²) in [6.45, 7) is 7.76. The van der Waals surface area contributed by atoms with E-state index in [0.717, 1.165) is 10.5 Å². The zero-order valence-corrected chi connectivity index (χ0v) is 29.8. The van der Waals surface area contributed by atoms with E-state index in [-0.39, 0.29) is 19.4 Å². The number of aliphatic hydroxyl groups is 1. The number of methoxy groups -OCH3 is 1. The summed E-state index contributed by atoms with van der Waals surface area (Å²) in [6.07, 6.45) is -8.91. The minimum absolute atomic E-state index is 0.00583. The quantitative estimate of drug-likeness (QED) is 0.241. The van der Waals surface area contributed by atoms with Gasteiger partial charge < -0.3 is 35.8 Å². The number of nitrogens with zero attached hydrogens (tertiary/aromatic N) is 1. The van der Waals surface area contributed by atoms with Crippen molar-refractivity contribution in [2.24, 2.45) is 11.7 Å². The van der Waals surface area contributed by atoms with E-state index in [9.17, 15) is 41.1 Å². The zero-order chi connectivity index (χ0) is 37.6. The average Bonchev–Trinajstić information content (AvgIpc) is 3.48. The number of nitrogens with one attached hydrogen (secondary N) is 2. The topological polar surface area (TPSA) is 177 Å². The van der Waals surface area contributed by atoms with Gasteiger partial charge in [-0.1, -0.05) is 50.2 Å². The van der Waals surface area contributed by atoms with Crippen LogP contribution in [-0.4, -0.2) is 91.2 Å². The van der Waals surface area contributed by atoms with Crippen LogP contribution in [0.2, 0.25) is 0 Å². The number of hydrogen-bond donors (Lipinski definition) is 4. The van der Waals surface area contributed by atoms with E-state index in [1.165, 1.54) is 21.0 Å². The highest BCUT2D eigenvalue weighted by Crippen LogP contribution is 2.30. The molecule has 0 aromatic heterocycles. The first-order valence-electron chi connectivity index (χ1n) is 16.1. The highest BCUT2D eigenvalue weighted by Gasteiger charge is 2.49. The Morgan fingerprint density at radius 3 is 2.08 bits per heavy atom. The van der Waals surface area contributed by atoms with Gasteiger partial charge in [0.2, 0.25) is 11.8 Å². The molecule has 12 nitrogen and oxygen atoms in total. The first-order valence-corrected chi connectivity index (χ1v) is 17.8. The lowest BCUT2D eigenvalue weighted by atomic mass is 9.97. The number of carbonyl (C=O) groups is 3. The molecule has 0 radical (unpaired) electrons. The van der Waals surface area contributed by atoms with Crippen LogP contribution in [0.4, 0.5) is 18.0 Å². The van der Waals surface area contributed by atoms with Gasteiger partial charge in [-0.2, -0.15) is 13.2 Å². The molecule has 1 heterocycles. The number of carbonyl (C=O) groups excluding carboxylic acids is 3. The Balaban J connectivity index is 1.80. The van der Waals surface area contributed by atoms with Gasteiger partial charge in [0.15, 0.2) is 15.9 Å². The normalized spacial score (nSPS) is 18.7. The van der Waals surface area contributed by atoms with Gasteiger partial charge in [0, 0.05) is 13.1 Å². The maximum Gasteiger partial charge on any atom is 0.416 e. The van der Waals surface area contributed by atoms with E-state index in [1.54, 1.807) is 69.3 Å². The van der Waals surface area contributed by atoms with Crippen LogP contribution in [0.15, 0.2) is 48.5 Å². The van der Waals surface area contributed by atoms with Crippen LogP contribution >= 0.6 is 0 Å². The van der Waals surface area contributed by atoms with Crippen molar-refractivity contribution in [1.82, 2.24) is 15.5 Å². The Morgan fingerprint density at radius 2 is 1.56 bits per heavy atom. The van der Waals surface area contributed by atoms with E-state index in [1.807, 2.05) is 0 Å². The Bertz CT molecular complexity index is 1580. The van der Waals surface area contributed by atoms with Crippen LogP contribution in [0.5, 0.6) is 5.75 Å². The summed E-state index contributed by atoms with van der Waals surface area (Å²) in [5.74, 6) is -2.56. The maximum absolute atomic E-state index is 13.8. The van der Waals surface area contributed by atoms with Crippen molar-refractivity contribution in [3.63, 3.8) is 0 Å². The Labute approximate surface area is 290 Å². The second kappa shape index (κ2) is 16.4. The molecular formula is C34H47F3N4O8S. The number of ether oxygens (including phenoxy) is 2. The Morgan fingerprint density at radius 1 is 1.00 bits per heavy atom. The molecule has 1 aliphatic heterocycles. The molecule has 50 heavy (non-hydrogen) atoms. The number of sulfone groups is 1. The molecule has 1 saturated heterocycles. The first-order chi connectivity index (χ1) is 23.1. The lowest BCUT2D eigenvalue weighted by Gasteiger charge is -2.32. The predicted molar refractivity (Wildman–Crippen MR) is 180 cm³/mol. The van der Waals surface area contributed by atoms with Crippen molar-refractivity contribution in [2.45, 2.75) is 101 Å². The number of halogens is 3. The Kier molecular flexibility index (Phi) is 13.3. The van der Waals surface area contributed by atoms with Gasteiger partial charge in [-0.05, 0) is 68.4 Å². The van der Waals surface area contributed by atoms with Crippen molar-refractivity contribution in [3.8, 4) is 5.75 Å². The van der Waals surface area contributed by atoms with Crippen LogP contribution in [0.3, 0.4) is 0 Å². The van der Waals surface area contributed by atoms with Crippen molar-refractivity contribution >= 4 is 27.7 Å². The van der Waals surface area contributed by atoms with Gasteiger partial charge in [-0.25, -0.2) is 13.2 Å². The van der Waals surface area contributed by atoms with Crippen LogP contribution in [-0.2, 0) is 42.9 Å². The number of rotatable bonds is 13. The standard InChI is InChI=1S/C34H47F3N4O8S/c1-20(2)28(29(42)34(35,36)37)40-30(43)27-16-25(50(46,47)19-23-11-13-24(48-6)14-12-23)18-41(27)31(44)26(38)15-21-7-9-22(10-8-21)17-39-32(45)49-33(3,4)5/h7-14,20,25-29,42H,15-19,38H2,1-6H3,(H,39,45)(H,40,43)/t25-,26?,27+,28?,29?/m1/s1. The third kappa shape index (κ3) is 11.3. The smallest absolute Gasteiger partial charge is 0.416 e. The molecule has 3 rings (SSSR count). The summed E-state index contributed by atoms with van der Waals surface area (Å²) in [7, 11) is -2.52.